The van der Waals surface area contributed by atoms with Gasteiger partial charge in [0.1, 0.15) is 16.9 Å². The van der Waals surface area contributed by atoms with E-state index in [4.69, 9.17) is 4.98 Å². The Labute approximate surface area is 139 Å². The van der Waals surface area contributed by atoms with Crippen LogP contribution in [-0.2, 0) is 18.6 Å². The van der Waals surface area contributed by atoms with Gasteiger partial charge in [-0.3, -0.25) is 0 Å². The summed E-state index contributed by atoms with van der Waals surface area (Å²) in [6, 6.07) is 12.3. The summed E-state index contributed by atoms with van der Waals surface area (Å²) in [6.07, 6.45) is 4.47. The molecular weight excluding hydrogens is 304 g/mol. The SMILES string of the molecule is N#Cc1cc2c(nc1SCc1nc3ccccc3[nH]1)CCCC2. The number of para-hydroxylation sites is 2. The van der Waals surface area contributed by atoms with Crippen molar-refractivity contribution in [2.24, 2.45) is 0 Å². The summed E-state index contributed by atoms with van der Waals surface area (Å²) in [5.41, 5.74) is 5.12. The maximum absolute atomic E-state index is 9.40. The van der Waals surface area contributed by atoms with Crippen LogP contribution >= 0.6 is 11.8 Å². The average Bonchev–Trinajstić information content (AvgIpc) is 3.02. The summed E-state index contributed by atoms with van der Waals surface area (Å²) in [5.74, 6) is 1.61. The van der Waals surface area contributed by atoms with Crippen molar-refractivity contribution in [2.75, 3.05) is 0 Å². The first-order chi connectivity index (χ1) is 11.3. The molecule has 0 spiro atoms. The number of nitrogens with zero attached hydrogens (tertiary/aromatic N) is 3. The van der Waals surface area contributed by atoms with E-state index in [2.05, 4.69) is 16.0 Å². The molecule has 0 amide bonds. The number of aryl methyl sites for hydroxylation is 2. The number of hydrogen-bond acceptors (Lipinski definition) is 4. The predicted octanol–water partition coefficient (Wildman–Crippen LogP) is 4.00. The summed E-state index contributed by atoms with van der Waals surface area (Å²) >= 11 is 1.59. The van der Waals surface area contributed by atoms with Crippen LogP contribution in [0.3, 0.4) is 0 Å². The molecule has 2 aromatic heterocycles. The van der Waals surface area contributed by atoms with Crippen molar-refractivity contribution in [3.05, 3.63) is 53.0 Å². The molecule has 23 heavy (non-hydrogen) atoms. The van der Waals surface area contributed by atoms with Gasteiger partial charge in [0.25, 0.3) is 0 Å². The largest absolute Gasteiger partial charge is 0.341 e. The number of hydrogen-bond donors (Lipinski definition) is 1. The lowest BCUT2D eigenvalue weighted by molar-refractivity contribution is 0.660. The third kappa shape index (κ3) is 2.82. The van der Waals surface area contributed by atoms with Crippen LogP contribution in [0, 0.1) is 11.3 Å². The smallest absolute Gasteiger partial charge is 0.117 e. The Morgan fingerprint density at radius 2 is 2.04 bits per heavy atom. The van der Waals surface area contributed by atoms with Crippen molar-refractivity contribution in [1.82, 2.24) is 15.0 Å². The monoisotopic (exact) mass is 320 g/mol. The van der Waals surface area contributed by atoms with E-state index >= 15 is 0 Å². The first-order valence-electron chi connectivity index (χ1n) is 7.83. The van der Waals surface area contributed by atoms with Gasteiger partial charge in [-0.2, -0.15) is 5.26 Å². The van der Waals surface area contributed by atoms with Gasteiger partial charge in [0.15, 0.2) is 0 Å². The van der Waals surface area contributed by atoms with Crippen LogP contribution in [0.5, 0.6) is 0 Å². The molecule has 0 saturated carbocycles. The van der Waals surface area contributed by atoms with Gasteiger partial charge in [-0.05, 0) is 49.4 Å². The van der Waals surface area contributed by atoms with Crippen LogP contribution in [0.15, 0.2) is 35.4 Å². The molecule has 0 saturated heterocycles. The third-order valence-electron chi connectivity index (χ3n) is 4.17. The van der Waals surface area contributed by atoms with Gasteiger partial charge in [0, 0.05) is 5.69 Å². The van der Waals surface area contributed by atoms with Gasteiger partial charge in [0.05, 0.1) is 22.3 Å². The van der Waals surface area contributed by atoms with E-state index in [-0.39, 0.29) is 0 Å². The van der Waals surface area contributed by atoms with E-state index in [1.165, 1.54) is 24.1 Å². The number of pyridine rings is 1. The van der Waals surface area contributed by atoms with Gasteiger partial charge in [-0.15, -0.1) is 0 Å². The Hall–Kier alpha value is -2.32. The standard InChI is InChI=1S/C18H16N4S/c19-10-13-9-12-5-1-2-6-14(12)22-18(13)23-11-17-20-15-7-3-4-8-16(15)21-17/h3-4,7-9H,1-2,5-6,11H2,(H,20,21). The maximum Gasteiger partial charge on any atom is 0.117 e. The zero-order chi connectivity index (χ0) is 15.6. The number of fused-ring (bicyclic) bond motifs is 2. The predicted molar refractivity (Wildman–Crippen MR) is 91.2 cm³/mol. The minimum absolute atomic E-state index is 0.687. The quantitative estimate of drug-likeness (QED) is 0.741. The number of rotatable bonds is 3. The fraction of sp³-hybridized carbons (Fsp3) is 0.278. The fourth-order valence-corrected chi connectivity index (χ4v) is 3.86. The van der Waals surface area contributed by atoms with E-state index in [9.17, 15) is 5.26 Å². The van der Waals surface area contributed by atoms with E-state index in [0.717, 1.165) is 34.7 Å². The van der Waals surface area contributed by atoms with Crippen LogP contribution < -0.4 is 0 Å². The second kappa shape index (κ2) is 6.05. The van der Waals surface area contributed by atoms with Gasteiger partial charge >= 0.3 is 0 Å². The Morgan fingerprint density at radius 1 is 1.17 bits per heavy atom. The third-order valence-corrected chi connectivity index (χ3v) is 5.17. The highest BCUT2D eigenvalue weighted by atomic mass is 32.2. The number of benzene rings is 1. The zero-order valence-electron chi connectivity index (χ0n) is 12.7. The average molecular weight is 320 g/mol. The summed E-state index contributed by atoms with van der Waals surface area (Å²) in [5, 5.41) is 10.2. The number of nitriles is 1. The zero-order valence-corrected chi connectivity index (χ0v) is 13.5. The number of aromatic nitrogens is 3. The van der Waals surface area contributed by atoms with Crippen molar-refractivity contribution >= 4 is 22.8 Å². The molecule has 1 aliphatic carbocycles. The van der Waals surface area contributed by atoms with Crippen LogP contribution in [0.4, 0.5) is 0 Å². The molecule has 1 N–H and O–H groups in total. The summed E-state index contributed by atoms with van der Waals surface area (Å²) in [4.78, 5) is 12.7. The Bertz CT molecular complexity index is 874. The summed E-state index contributed by atoms with van der Waals surface area (Å²) < 4.78 is 0. The summed E-state index contributed by atoms with van der Waals surface area (Å²) in [7, 11) is 0. The molecule has 3 aromatic rings. The van der Waals surface area contributed by atoms with Crippen molar-refractivity contribution in [3.8, 4) is 6.07 Å². The van der Waals surface area contributed by atoms with Gasteiger partial charge < -0.3 is 4.98 Å². The minimum Gasteiger partial charge on any atom is -0.341 e. The van der Waals surface area contributed by atoms with E-state index < -0.39 is 0 Å². The lowest BCUT2D eigenvalue weighted by Gasteiger charge is -2.16. The molecule has 1 aliphatic rings. The highest BCUT2D eigenvalue weighted by Crippen LogP contribution is 2.29. The van der Waals surface area contributed by atoms with Crippen LogP contribution in [0.2, 0.25) is 0 Å². The molecule has 0 unspecified atom stereocenters. The Morgan fingerprint density at radius 3 is 2.91 bits per heavy atom. The molecule has 4 nitrogen and oxygen atoms in total. The molecule has 0 fully saturated rings. The first kappa shape index (κ1) is 14.3. The molecule has 0 atom stereocenters. The number of H-pyrrole nitrogens is 1. The van der Waals surface area contributed by atoms with Crippen molar-refractivity contribution in [3.63, 3.8) is 0 Å². The van der Waals surface area contributed by atoms with Gasteiger partial charge in [0.2, 0.25) is 0 Å². The lowest BCUT2D eigenvalue weighted by atomic mass is 9.95. The molecule has 2 heterocycles. The van der Waals surface area contributed by atoms with Crippen LogP contribution in [-0.4, -0.2) is 15.0 Å². The molecule has 1 aromatic carbocycles. The molecule has 4 rings (SSSR count). The van der Waals surface area contributed by atoms with E-state index in [0.29, 0.717) is 11.3 Å². The molecule has 5 heteroatoms. The number of imidazole rings is 1. The normalized spacial score (nSPS) is 13.7. The molecule has 0 radical (unpaired) electrons. The lowest BCUT2D eigenvalue weighted by Crippen LogP contribution is -2.07. The van der Waals surface area contributed by atoms with Crippen LogP contribution in [0.1, 0.15) is 35.5 Å². The topological polar surface area (TPSA) is 65.4 Å². The highest BCUT2D eigenvalue weighted by Gasteiger charge is 2.16. The second-order valence-electron chi connectivity index (χ2n) is 5.76. The van der Waals surface area contributed by atoms with Crippen LogP contribution in [0.25, 0.3) is 11.0 Å². The second-order valence-corrected chi connectivity index (χ2v) is 6.72. The van der Waals surface area contributed by atoms with Crippen molar-refractivity contribution in [1.29, 1.82) is 5.26 Å². The highest BCUT2D eigenvalue weighted by molar-refractivity contribution is 7.98. The van der Waals surface area contributed by atoms with Gasteiger partial charge in [-0.1, -0.05) is 23.9 Å². The van der Waals surface area contributed by atoms with E-state index in [1.54, 1.807) is 11.8 Å². The molecular formula is C18H16N4S. The molecule has 0 bridgehead atoms. The first-order valence-corrected chi connectivity index (χ1v) is 8.81. The number of thioether (sulfide) groups is 1. The minimum atomic E-state index is 0.687. The van der Waals surface area contributed by atoms with E-state index in [1.807, 2.05) is 30.3 Å². The number of nitrogens with one attached hydrogen (secondary N) is 1. The van der Waals surface area contributed by atoms with Crippen molar-refractivity contribution < 1.29 is 0 Å². The Kier molecular flexibility index (Phi) is 3.76. The summed E-state index contributed by atoms with van der Waals surface area (Å²) in [6.45, 7) is 0. The molecule has 114 valence electrons. The van der Waals surface area contributed by atoms with Gasteiger partial charge in [-0.25, -0.2) is 9.97 Å². The number of aromatic amines is 1. The molecule has 0 aliphatic heterocycles. The van der Waals surface area contributed by atoms with Crippen molar-refractivity contribution in [2.45, 2.75) is 36.5 Å². The fourth-order valence-electron chi connectivity index (χ4n) is 3.02. The maximum atomic E-state index is 9.40. The Balaban J connectivity index is 1.59.